The van der Waals surface area contributed by atoms with E-state index in [-0.39, 0.29) is 0 Å². The van der Waals surface area contributed by atoms with Gasteiger partial charge in [0.1, 0.15) is 0 Å². The fraction of sp³-hybridized carbons (Fsp3) is 0. The van der Waals surface area contributed by atoms with E-state index in [9.17, 15) is 0 Å². The Bertz CT molecular complexity index is 968. The van der Waals surface area contributed by atoms with E-state index >= 15 is 0 Å². The van der Waals surface area contributed by atoms with Gasteiger partial charge in [-0.3, -0.25) is 0 Å². The summed E-state index contributed by atoms with van der Waals surface area (Å²) in [5.74, 6) is 0. The van der Waals surface area contributed by atoms with E-state index in [2.05, 4.69) is 141 Å². The summed E-state index contributed by atoms with van der Waals surface area (Å²) in [5.41, 5.74) is 7.62. The summed E-state index contributed by atoms with van der Waals surface area (Å²) in [7, 11) is -6.81. The molecule has 0 aromatic heterocycles. The minimum atomic E-state index is -2.56. The van der Waals surface area contributed by atoms with Crippen molar-refractivity contribution in [2.45, 2.75) is 0 Å². The second-order valence-electron chi connectivity index (χ2n) is 7.35. The van der Waals surface area contributed by atoms with Crippen LogP contribution in [0.2, 0.25) is 0 Å². The first-order valence-electron chi connectivity index (χ1n) is 10.1. The van der Waals surface area contributed by atoms with Crippen LogP contribution in [-0.2, 0) is 0 Å². The molecule has 1 heterocycles. The van der Waals surface area contributed by atoms with E-state index in [1.807, 2.05) is 0 Å². The van der Waals surface area contributed by atoms with Gasteiger partial charge in [-0.05, 0) is 22.5 Å². The van der Waals surface area contributed by atoms with Gasteiger partial charge >= 0.3 is 0 Å². The first kappa shape index (κ1) is 20.5. The molecule has 3 aromatic carbocycles. The number of benzene rings is 3. The third kappa shape index (κ3) is 3.28. The van der Waals surface area contributed by atoms with Gasteiger partial charge in [-0.2, -0.15) is 0 Å². The van der Waals surface area contributed by atoms with Crippen molar-refractivity contribution in [3.05, 3.63) is 128 Å². The topological polar surface area (TPSA) is 27.3 Å². The largest absolute Gasteiger partial charge is 0.388 e. The van der Waals surface area contributed by atoms with E-state index in [4.69, 9.17) is 0 Å². The Balaban J connectivity index is 2.07. The van der Waals surface area contributed by atoms with Gasteiger partial charge in [0.15, 0.2) is 9.12 Å². The fourth-order valence-electron chi connectivity index (χ4n) is 4.37. The summed E-state index contributed by atoms with van der Waals surface area (Å²) in [6.07, 6.45) is 0. The van der Waals surface area contributed by atoms with Crippen LogP contribution < -0.4 is 23.9 Å². The number of hydrogen-bond acceptors (Lipinski definition) is 3. The second-order valence-corrected chi connectivity index (χ2v) is 17.5. The van der Waals surface area contributed by atoms with Gasteiger partial charge in [0.05, 0.1) is 0 Å². The first-order valence-corrected chi connectivity index (χ1v) is 16.0. The molecule has 3 nitrogen and oxygen atoms in total. The first-order chi connectivity index (χ1) is 14.7. The quantitative estimate of drug-likeness (QED) is 0.576. The molecular weight excluding hydrogens is 415 g/mol. The van der Waals surface area contributed by atoms with Crippen LogP contribution in [0.15, 0.2) is 128 Å². The smallest absolute Gasteiger partial charge is 0.278 e. The summed E-state index contributed by atoms with van der Waals surface area (Å²) >= 11 is 0. The zero-order valence-corrected chi connectivity index (χ0v) is 20.2. The summed E-state index contributed by atoms with van der Waals surface area (Å²) in [4.78, 5) is 0. The average Bonchev–Trinajstić information content (AvgIpc) is 2.84. The van der Waals surface area contributed by atoms with Crippen molar-refractivity contribution in [1.82, 2.24) is 9.30 Å². The maximum atomic E-state index is 4.38. The van der Waals surface area contributed by atoms with Gasteiger partial charge in [0.25, 0.3) is 16.8 Å². The molecule has 0 aliphatic carbocycles. The molecule has 4 rings (SSSR count). The van der Waals surface area contributed by atoms with Crippen molar-refractivity contribution in [3.8, 4) is 0 Å². The van der Waals surface area contributed by atoms with E-state index in [1.165, 1.54) is 16.1 Å². The van der Waals surface area contributed by atoms with E-state index in [1.54, 1.807) is 0 Å². The third-order valence-corrected chi connectivity index (χ3v) is 19.9. The molecule has 0 saturated carbocycles. The predicted molar refractivity (Wildman–Crippen MR) is 137 cm³/mol. The van der Waals surface area contributed by atoms with Gasteiger partial charge in [-0.25, -0.2) is 0 Å². The molecule has 2 unspecified atom stereocenters. The van der Waals surface area contributed by atoms with E-state index < -0.39 is 25.9 Å². The monoisotopic (exact) mass is 441 g/mol. The molecule has 2 N–H and O–H groups in total. The maximum absolute atomic E-state index is 4.38. The second kappa shape index (κ2) is 8.55. The minimum Gasteiger partial charge on any atom is -0.388 e. The Hall–Kier alpha value is -2.75. The highest BCUT2D eigenvalue weighted by molar-refractivity contribution is 7.20. The van der Waals surface area contributed by atoms with Crippen LogP contribution in [0.25, 0.3) is 0 Å². The molecule has 0 radical (unpaired) electrons. The van der Waals surface area contributed by atoms with Crippen LogP contribution >= 0.6 is 0 Å². The van der Waals surface area contributed by atoms with Crippen LogP contribution in [0, 0.1) is 0 Å². The number of nitrogens with one attached hydrogen (secondary N) is 2. The molecule has 1 saturated heterocycles. The van der Waals surface area contributed by atoms with Crippen LogP contribution in [0.4, 0.5) is 5.69 Å². The lowest BCUT2D eigenvalue weighted by Crippen LogP contribution is -2.93. The Labute approximate surface area is 183 Å². The lowest BCUT2D eigenvalue weighted by Gasteiger charge is -2.57. The number of nitrogens with zero attached hydrogens (tertiary/aromatic N) is 1. The SMILES string of the molecule is C=C[SiH]1N[Si](C=C)(c2ccccc2)N(c2ccccc2)[Si](C=C)(c2ccccc2)N1. The molecule has 0 bridgehead atoms. The molecule has 0 spiro atoms. The number of hydrogen-bond donors (Lipinski definition) is 2. The molecule has 6 heteroatoms. The Morgan fingerprint density at radius 3 is 1.40 bits per heavy atom. The lowest BCUT2D eigenvalue weighted by atomic mass is 10.3. The van der Waals surface area contributed by atoms with Crippen molar-refractivity contribution in [3.63, 3.8) is 0 Å². The van der Waals surface area contributed by atoms with Crippen molar-refractivity contribution in [2.24, 2.45) is 0 Å². The highest BCUT2D eigenvalue weighted by atomic mass is 28.5. The Morgan fingerprint density at radius 2 is 1.03 bits per heavy atom. The van der Waals surface area contributed by atoms with Crippen LogP contribution in [0.5, 0.6) is 0 Å². The molecule has 1 aliphatic rings. The van der Waals surface area contributed by atoms with Gasteiger partial charge < -0.3 is 13.5 Å². The zero-order valence-electron chi connectivity index (χ0n) is 17.0. The molecule has 2 atom stereocenters. The summed E-state index contributed by atoms with van der Waals surface area (Å²) in [6.45, 7) is 12.9. The van der Waals surface area contributed by atoms with Crippen LogP contribution in [0.3, 0.4) is 0 Å². The Morgan fingerprint density at radius 1 is 0.633 bits per heavy atom. The van der Waals surface area contributed by atoms with Crippen LogP contribution in [0.1, 0.15) is 0 Å². The highest BCUT2D eigenvalue weighted by Gasteiger charge is 2.57. The van der Waals surface area contributed by atoms with Gasteiger partial charge in [-0.1, -0.05) is 96.0 Å². The van der Waals surface area contributed by atoms with E-state index in [0.717, 1.165) is 0 Å². The van der Waals surface area contributed by atoms with Crippen molar-refractivity contribution >= 4 is 42.0 Å². The van der Waals surface area contributed by atoms with E-state index in [0.29, 0.717) is 0 Å². The average molecular weight is 442 g/mol. The van der Waals surface area contributed by atoms with Crippen molar-refractivity contribution < 1.29 is 0 Å². The number of rotatable bonds is 6. The Kier molecular flexibility index (Phi) is 5.85. The van der Waals surface area contributed by atoms with Crippen molar-refractivity contribution in [1.29, 1.82) is 0 Å². The fourth-order valence-corrected chi connectivity index (χ4v) is 21.9. The molecule has 30 heavy (non-hydrogen) atoms. The van der Waals surface area contributed by atoms with Gasteiger partial charge in [0.2, 0.25) is 0 Å². The highest BCUT2D eigenvalue weighted by Crippen LogP contribution is 2.29. The lowest BCUT2D eigenvalue weighted by molar-refractivity contribution is 1.17. The van der Waals surface area contributed by atoms with Gasteiger partial charge in [-0.15, -0.1) is 19.7 Å². The summed E-state index contributed by atoms with van der Waals surface area (Å²) in [5, 5.41) is 2.58. The molecule has 3 aromatic rings. The summed E-state index contributed by atoms with van der Waals surface area (Å²) in [6, 6.07) is 32.2. The number of para-hydroxylation sites is 1. The normalized spacial score (nSPS) is 26.0. The summed E-state index contributed by atoms with van der Waals surface area (Å²) < 4.78 is 10.7. The third-order valence-electron chi connectivity index (χ3n) is 5.73. The zero-order chi connectivity index (χ0) is 21.0. The minimum absolute atomic E-state index is 1.18. The van der Waals surface area contributed by atoms with Gasteiger partial charge in [0, 0.05) is 5.69 Å². The molecule has 150 valence electrons. The molecule has 1 aliphatic heterocycles. The van der Waals surface area contributed by atoms with Crippen molar-refractivity contribution in [2.75, 3.05) is 4.23 Å². The molecule has 1 fully saturated rings. The van der Waals surface area contributed by atoms with Crippen LogP contribution in [-0.4, -0.2) is 25.9 Å². The standard InChI is InChI=1S/C24H27N3Si3/c1-4-28-25-29(5-2,23-18-12-8-13-19-23)27(22-16-10-7-11-17-22)30(6-3,26-28)24-20-14-9-15-21-24/h4-21,25-26,28H,1-3H2. The molecule has 0 amide bonds. The number of anilines is 1. The molecular formula is C24H27N3Si3. The maximum Gasteiger partial charge on any atom is 0.278 e. The predicted octanol–water partition coefficient (Wildman–Crippen LogP) is 2.78.